The molecule has 2 aromatic carbocycles. The minimum atomic E-state index is -3.40. The lowest BCUT2D eigenvalue weighted by atomic mass is 9.92. The van der Waals surface area contributed by atoms with E-state index in [0.717, 1.165) is 11.8 Å². The molecule has 0 N–H and O–H groups in total. The maximum atomic E-state index is 12.3. The van der Waals surface area contributed by atoms with E-state index in [4.69, 9.17) is 9.47 Å². The average molecular weight is 485 g/mol. The Morgan fingerprint density at radius 3 is 2.41 bits per heavy atom. The number of methoxy groups -OCH3 is 1. The van der Waals surface area contributed by atoms with Crippen LogP contribution in [0, 0.1) is 17.0 Å². The molecule has 0 unspecified atom stereocenters. The molecule has 0 saturated carbocycles. The molecule has 0 fully saturated rings. The summed E-state index contributed by atoms with van der Waals surface area (Å²) in [5.74, 6) is 0.256. The van der Waals surface area contributed by atoms with E-state index in [-0.39, 0.29) is 23.6 Å². The van der Waals surface area contributed by atoms with E-state index in [0.29, 0.717) is 34.8 Å². The quantitative estimate of drug-likeness (QED) is 0.302. The molecule has 0 bridgehead atoms. The van der Waals surface area contributed by atoms with Gasteiger partial charge in [0.2, 0.25) is 0 Å². The van der Waals surface area contributed by atoms with Gasteiger partial charge in [-0.05, 0) is 37.1 Å². The Balaban J connectivity index is 2.09. The normalized spacial score (nSPS) is 12.2. The van der Waals surface area contributed by atoms with Crippen LogP contribution >= 0.6 is 0 Å². The number of rotatable bonds is 10. The molecule has 3 aromatic rings. The number of hydrogen-bond acceptors (Lipinski definition) is 7. The highest BCUT2D eigenvalue weighted by molar-refractivity contribution is 7.90. The topological polar surface area (TPSA) is 109 Å². The van der Waals surface area contributed by atoms with Crippen molar-refractivity contribution in [1.82, 2.24) is 4.98 Å². The van der Waals surface area contributed by atoms with E-state index >= 15 is 0 Å². The highest BCUT2D eigenvalue weighted by Gasteiger charge is 2.27. The average Bonchev–Trinajstić information content (AvgIpc) is 2.78. The molecule has 0 aliphatic carbocycles. The van der Waals surface area contributed by atoms with Gasteiger partial charge in [-0.3, -0.25) is 15.1 Å². The molecule has 1 aromatic heterocycles. The summed E-state index contributed by atoms with van der Waals surface area (Å²) >= 11 is 0. The molecular formula is C25H28N2O6S. The van der Waals surface area contributed by atoms with Gasteiger partial charge in [0.05, 0.1) is 24.4 Å². The Bertz CT molecular complexity index is 1280. The number of benzene rings is 2. The summed E-state index contributed by atoms with van der Waals surface area (Å²) in [6.07, 6.45) is 2.85. The summed E-state index contributed by atoms with van der Waals surface area (Å²) in [4.78, 5) is 16.1. The number of aromatic nitrogens is 1. The summed E-state index contributed by atoms with van der Waals surface area (Å²) in [5.41, 5.74) is 2.80. The van der Waals surface area contributed by atoms with E-state index in [1.54, 1.807) is 31.3 Å². The highest BCUT2D eigenvalue weighted by Crippen LogP contribution is 2.36. The van der Waals surface area contributed by atoms with Gasteiger partial charge in [-0.15, -0.1) is 0 Å². The van der Waals surface area contributed by atoms with Crippen LogP contribution in [0.2, 0.25) is 0 Å². The third-order valence-electron chi connectivity index (χ3n) is 5.55. The van der Waals surface area contributed by atoms with Crippen LogP contribution in [-0.4, -0.2) is 44.1 Å². The third-order valence-corrected chi connectivity index (χ3v) is 6.56. The van der Waals surface area contributed by atoms with Gasteiger partial charge in [0.15, 0.2) is 11.5 Å². The minimum Gasteiger partial charge on any atom is -0.493 e. The van der Waals surface area contributed by atoms with Crippen molar-refractivity contribution < 1.29 is 22.8 Å². The van der Waals surface area contributed by atoms with Gasteiger partial charge in [0.1, 0.15) is 15.5 Å². The fourth-order valence-electron chi connectivity index (χ4n) is 4.03. The molecule has 0 radical (unpaired) electrons. The van der Waals surface area contributed by atoms with E-state index in [1.165, 1.54) is 7.11 Å². The van der Waals surface area contributed by atoms with Gasteiger partial charge in [0, 0.05) is 35.9 Å². The first-order valence-corrected chi connectivity index (χ1v) is 12.9. The van der Waals surface area contributed by atoms with E-state index < -0.39 is 20.7 Å². The summed E-state index contributed by atoms with van der Waals surface area (Å²) < 4.78 is 35.5. The predicted molar refractivity (Wildman–Crippen MR) is 131 cm³/mol. The van der Waals surface area contributed by atoms with Gasteiger partial charge in [-0.2, -0.15) is 0 Å². The number of pyridine rings is 1. The SMILES string of the molecule is CCOc1cc([C@H](Cc2ncc(-c3ccccc3)c(C)c2[N+](=O)[O-])CS(C)(=O)=O)ccc1OC. The maximum Gasteiger partial charge on any atom is 0.294 e. The van der Waals surface area contributed by atoms with E-state index in [2.05, 4.69) is 4.98 Å². The lowest BCUT2D eigenvalue weighted by Crippen LogP contribution is -2.17. The molecule has 0 saturated heterocycles. The summed E-state index contributed by atoms with van der Waals surface area (Å²) in [6, 6.07) is 14.5. The van der Waals surface area contributed by atoms with Crippen LogP contribution in [0.15, 0.2) is 54.7 Å². The van der Waals surface area contributed by atoms with Crippen molar-refractivity contribution in [3.8, 4) is 22.6 Å². The fraction of sp³-hybridized carbons (Fsp3) is 0.320. The van der Waals surface area contributed by atoms with Gasteiger partial charge in [0.25, 0.3) is 5.69 Å². The lowest BCUT2D eigenvalue weighted by Gasteiger charge is -2.19. The maximum absolute atomic E-state index is 12.3. The molecule has 0 amide bonds. The van der Waals surface area contributed by atoms with Gasteiger partial charge in [-0.1, -0.05) is 36.4 Å². The van der Waals surface area contributed by atoms with Crippen LogP contribution in [0.5, 0.6) is 11.5 Å². The van der Waals surface area contributed by atoms with E-state index in [9.17, 15) is 18.5 Å². The first kappa shape index (κ1) is 25.2. The molecule has 0 spiro atoms. The molecule has 180 valence electrons. The van der Waals surface area contributed by atoms with Crippen LogP contribution in [0.25, 0.3) is 11.1 Å². The lowest BCUT2D eigenvalue weighted by molar-refractivity contribution is -0.386. The van der Waals surface area contributed by atoms with Crippen LogP contribution in [0.3, 0.4) is 0 Å². The smallest absolute Gasteiger partial charge is 0.294 e. The van der Waals surface area contributed by atoms with Crippen LogP contribution in [0.4, 0.5) is 5.69 Å². The first-order chi connectivity index (χ1) is 16.1. The largest absolute Gasteiger partial charge is 0.493 e. The second-order valence-corrected chi connectivity index (χ2v) is 10.2. The first-order valence-electron chi connectivity index (χ1n) is 10.8. The van der Waals surface area contributed by atoms with Crippen LogP contribution in [-0.2, 0) is 16.3 Å². The molecule has 34 heavy (non-hydrogen) atoms. The van der Waals surface area contributed by atoms with Gasteiger partial charge >= 0.3 is 0 Å². The zero-order valence-corrected chi connectivity index (χ0v) is 20.5. The molecule has 1 atom stereocenters. The van der Waals surface area contributed by atoms with Crippen LogP contribution < -0.4 is 9.47 Å². The standard InChI is InChI=1S/C25H28N2O6S/c1-5-33-24-14-19(11-12-23(24)32-3)20(16-34(4,30)31)13-22-25(27(28)29)17(2)21(15-26-22)18-9-7-6-8-10-18/h6-12,14-15,20H,5,13,16H2,1-4H3/t20-/m1/s1. The van der Waals surface area contributed by atoms with Crippen molar-refractivity contribution in [2.24, 2.45) is 0 Å². The predicted octanol–water partition coefficient (Wildman–Crippen LogP) is 4.74. The minimum absolute atomic E-state index is 0.0805. The Hall–Kier alpha value is -3.46. The highest BCUT2D eigenvalue weighted by atomic mass is 32.2. The molecular weight excluding hydrogens is 456 g/mol. The third kappa shape index (κ3) is 5.91. The Morgan fingerprint density at radius 1 is 1.12 bits per heavy atom. The van der Waals surface area contributed by atoms with Crippen molar-refractivity contribution >= 4 is 15.5 Å². The Labute approximate surface area is 199 Å². The van der Waals surface area contributed by atoms with Gasteiger partial charge < -0.3 is 9.47 Å². The van der Waals surface area contributed by atoms with E-state index in [1.807, 2.05) is 37.3 Å². The summed E-state index contributed by atoms with van der Waals surface area (Å²) in [7, 11) is -1.87. The number of nitrogens with zero attached hydrogens (tertiary/aromatic N) is 2. The molecule has 9 heteroatoms. The van der Waals surface area contributed by atoms with Gasteiger partial charge in [-0.25, -0.2) is 8.42 Å². The molecule has 1 heterocycles. The van der Waals surface area contributed by atoms with Crippen molar-refractivity contribution in [2.75, 3.05) is 25.7 Å². The summed E-state index contributed by atoms with van der Waals surface area (Å²) in [6.45, 7) is 3.94. The second-order valence-electron chi connectivity index (χ2n) is 8.05. The molecule has 8 nitrogen and oxygen atoms in total. The number of ether oxygens (including phenoxy) is 2. The van der Waals surface area contributed by atoms with Crippen molar-refractivity contribution in [2.45, 2.75) is 26.2 Å². The number of nitro groups is 1. The second kappa shape index (κ2) is 10.6. The van der Waals surface area contributed by atoms with Crippen molar-refractivity contribution in [3.63, 3.8) is 0 Å². The molecule has 0 aliphatic rings. The molecule has 0 aliphatic heterocycles. The zero-order chi connectivity index (χ0) is 24.9. The van der Waals surface area contributed by atoms with Crippen LogP contribution in [0.1, 0.15) is 29.7 Å². The van der Waals surface area contributed by atoms with Crippen molar-refractivity contribution in [3.05, 3.63) is 81.7 Å². The Kier molecular flexibility index (Phi) is 7.88. The zero-order valence-electron chi connectivity index (χ0n) is 19.6. The monoisotopic (exact) mass is 484 g/mol. The fourth-order valence-corrected chi connectivity index (χ4v) is 5.07. The van der Waals surface area contributed by atoms with Crippen molar-refractivity contribution in [1.29, 1.82) is 0 Å². The number of sulfone groups is 1. The Morgan fingerprint density at radius 2 is 1.82 bits per heavy atom. The summed E-state index contributed by atoms with van der Waals surface area (Å²) in [5, 5.41) is 12.1. The number of hydrogen-bond donors (Lipinski definition) is 0. The molecule has 3 rings (SSSR count).